The van der Waals surface area contributed by atoms with Crippen molar-refractivity contribution in [1.82, 2.24) is 24.5 Å². The largest absolute Gasteiger partial charge is 0.437 e. The average Bonchev–Trinajstić information content (AvgIpc) is 3.35. The number of imidazole rings is 1. The van der Waals surface area contributed by atoms with Gasteiger partial charge in [-0.1, -0.05) is 36.2 Å². The maximum absolute atomic E-state index is 13.0. The Bertz CT molecular complexity index is 1500. The van der Waals surface area contributed by atoms with Crippen LogP contribution in [0, 0.1) is 0 Å². The van der Waals surface area contributed by atoms with E-state index in [9.17, 15) is 4.79 Å². The molecule has 156 valence electrons. The molecule has 0 atom stereocenters. The number of nitrogens with one attached hydrogen (secondary N) is 2. The van der Waals surface area contributed by atoms with Crippen molar-refractivity contribution in [3.8, 4) is 11.6 Å². The zero-order valence-electron chi connectivity index (χ0n) is 16.5. The van der Waals surface area contributed by atoms with Crippen LogP contribution in [0.1, 0.15) is 12.8 Å². The molecule has 0 saturated heterocycles. The summed E-state index contributed by atoms with van der Waals surface area (Å²) in [6.07, 6.45) is 2.21. The van der Waals surface area contributed by atoms with E-state index in [1.807, 2.05) is 13.0 Å². The van der Waals surface area contributed by atoms with Crippen LogP contribution < -0.4 is 10.9 Å². The first-order valence-electron chi connectivity index (χ1n) is 9.52. The van der Waals surface area contributed by atoms with Crippen LogP contribution in [-0.4, -0.2) is 24.5 Å². The monoisotopic (exact) mass is 454 g/mol. The number of rotatable bonds is 4. The zero-order valence-corrected chi connectivity index (χ0v) is 18.0. The van der Waals surface area contributed by atoms with E-state index >= 15 is 0 Å². The third-order valence-electron chi connectivity index (χ3n) is 4.99. The summed E-state index contributed by atoms with van der Waals surface area (Å²) in [7, 11) is 1.80. The fraction of sp³-hybridized carbons (Fsp3) is 0.143. The molecule has 5 aromatic rings. The molecule has 2 N–H and O–H groups in total. The third-order valence-corrected chi connectivity index (χ3v) is 5.62. The summed E-state index contributed by atoms with van der Waals surface area (Å²) >= 11 is 12.6. The number of H-pyrrole nitrogens is 1. The van der Waals surface area contributed by atoms with Gasteiger partial charge in [0.1, 0.15) is 0 Å². The van der Waals surface area contributed by atoms with Gasteiger partial charge in [-0.25, -0.2) is 15.0 Å². The van der Waals surface area contributed by atoms with Crippen molar-refractivity contribution in [2.45, 2.75) is 13.3 Å². The number of aromatic nitrogens is 5. The lowest BCUT2D eigenvalue weighted by Gasteiger charge is -2.10. The Morgan fingerprint density at radius 1 is 1.13 bits per heavy atom. The van der Waals surface area contributed by atoms with E-state index in [1.165, 1.54) is 0 Å². The Morgan fingerprint density at radius 3 is 2.58 bits per heavy atom. The van der Waals surface area contributed by atoms with Crippen LogP contribution in [0.25, 0.3) is 33.5 Å². The fourth-order valence-corrected chi connectivity index (χ4v) is 3.96. The second-order valence-corrected chi connectivity index (χ2v) is 7.74. The van der Waals surface area contributed by atoms with E-state index in [2.05, 4.69) is 25.3 Å². The third kappa shape index (κ3) is 3.24. The molecule has 0 fully saturated rings. The number of fused-ring (bicyclic) bond motifs is 3. The number of anilines is 2. The second kappa shape index (κ2) is 7.40. The molecule has 0 aliphatic carbocycles. The van der Waals surface area contributed by atoms with Crippen molar-refractivity contribution in [2.24, 2.45) is 7.05 Å². The van der Waals surface area contributed by atoms with Gasteiger partial charge < -0.3 is 19.3 Å². The van der Waals surface area contributed by atoms with Gasteiger partial charge in [-0.3, -0.25) is 4.79 Å². The quantitative estimate of drug-likeness (QED) is 0.392. The minimum Gasteiger partial charge on any atom is -0.437 e. The lowest BCUT2D eigenvalue weighted by Crippen LogP contribution is -2.11. The highest BCUT2D eigenvalue weighted by molar-refractivity contribution is 6.39. The number of nitrogens with zero attached hydrogens (tertiary/aromatic N) is 4. The molecule has 31 heavy (non-hydrogen) atoms. The smallest absolute Gasteiger partial charge is 0.261 e. The predicted octanol–water partition coefficient (Wildman–Crippen LogP) is 5.08. The van der Waals surface area contributed by atoms with Gasteiger partial charge in [0.15, 0.2) is 17.5 Å². The Morgan fingerprint density at radius 2 is 1.87 bits per heavy atom. The standard InChI is InChI=1S/C21H16Cl2N6O2/c1-3-15-24-9-14(31-15)19-25-12-7-8-13-18(16(12)20(30)28-19)29(2)21(26-13)27-17-10(22)5-4-6-11(17)23/h4-9H,3H2,1-2H3,(H,26,27)(H,25,28,30). The van der Waals surface area contributed by atoms with Crippen LogP contribution in [0.2, 0.25) is 10.0 Å². The maximum atomic E-state index is 13.0. The molecule has 3 aromatic heterocycles. The van der Waals surface area contributed by atoms with E-state index < -0.39 is 0 Å². The van der Waals surface area contributed by atoms with Gasteiger partial charge in [-0.05, 0) is 24.3 Å². The summed E-state index contributed by atoms with van der Waals surface area (Å²) in [5.41, 5.74) is 2.03. The van der Waals surface area contributed by atoms with Crippen LogP contribution in [0.3, 0.4) is 0 Å². The SMILES string of the molecule is CCc1ncc(-c2nc3ccc4nc(Nc5c(Cl)cccc5Cl)n(C)c4c3c(=O)[nH]2)o1. The zero-order chi connectivity index (χ0) is 21.7. The normalized spacial score (nSPS) is 11.5. The van der Waals surface area contributed by atoms with Crippen LogP contribution in [-0.2, 0) is 13.5 Å². The Kier molecular flexibility index (Phi) is 4.68. The summed E-state index contributed by atoms with van der Waals surface area (Å²) in [6, 6.07) is 8.80. The molecule has 8 nitrogen and oxygen atoms in total. The molecular formula is C21H16Cl2N6O2. The van der Waals surface area contributed by atoms with Crippen LogP contribution in [0.4, 0.5) is 11.6 Å². The maximum Gasteiger partial charge on any atom is 0.261 e. The number of oxazole rings is 1. The molecular weight excluding hydrogens is 439 g/mol. The molecule has 3 heterocycles. The molecule has 0 aliphatic heterocycles. The first-order chi connectivity index (χ1) is 15.0. The predicted molar refractivity (Wildman–Crippen MR) is 121 cm³/mol. The summed E-state index contributed by atoms with van der Waals surface area (Å²) in [6.45, 7) is 1.94. The highest BCUT2D eigenvalue weighted by atomic mass is 35.5. The fourth-order valence-electron chi connectivity index (χ4n) is 3.47. The van der Waals surface area contributed by atoms with E-state index in [0.29, 0.717) is 67.5 Å². The summed E-state index contributed by atoms with van der Waals surface area (Å²) in [5.74, 6) is 1.81. The number of aromatic amines is 1. The van der Waals surface area contributed by atoms with Gasteiger partial charge in [0.2, 0.25) is 5.95 Å². The minimum atomic E-state index is -0.301. The lowest BCUT2D eigenvalue weighted by atomic mass is 10.2. The van der Waals surface area contributed by atoms with Crippen molar-refractivity contribution in [1.29, 1.82) is 0 Å². The topological polar surface area (TPSA) is 102 Å². The minimum absolute atomic E-state index is 0.301. The molecule has 10 heteroatoms. The second-order valence-electron chi connectivity index (χ2n) is 6.93. The Labute approximate surface area is 185 Å². The van der Waals surface area contributed by atoms with Crippen molar-refractivity contribution >= 4 is 56.8 Å². The van der Waals surface area contributed by atoms with Crippen LogP contribution in [0.15, 0.2) is 45.7 Å². The molecule has 0 spiro atoms. The van der Waals surface area contributed by atoms with Crippen molar-refractivity contribution in [2.75, 3.05) is 5.32 Å². The van der Waals surface area contributed by atoms with E-state index in [4.69, 9.17) is 27.6 Å². The van der Waals surface area contributed by atoms with E-state index in [-0.39, 0.29) is 5.56 Å². The van der Waals surface area contributed by atoms with Crippen LogP contribution >= 0.6 is 23.2 Å². The van der Waals surface area contributed by atoms with E-state index in [0.717, 1.165) is 0 Å². The molecule has 0 amide bonds. The number of para-hydroxylation sites is 1. The number of benzene rings is 2. The van der Waals surface area contributed by atoms with Crippen molar-refractivity contribution in [3.05, 3.63) is 62.8 Å². The molecule has 0 bridgehead atoms. The van der Waals surface area contributed by atoms with Gasteiger partial charge >= 0.3 is 0 Å². The van der Waals surface area contributed by atoms with Gasteiger partial charge in [-0.15, -0.1) is 0 Å². The molecule has 0 saturated carbocycles. The summed E-state index contributed by atoms with van der Waals surface area (Å²) in [4.78, 5) is 29.2. The summed E-state index contributed by atoms with van der Waals surface area (Å²) in [5, 5.41) is 4.51. The first-order valence-corrected chi connectivity index (χ1v) is 10.3. The Hall–Kier alpha value is -3.36. The highest BCUT2D eigenvalue weighted by Crippen LogP contribution is 2.34. The molecule has 0 unspecified atom stereocenters. The highest BCUT2D eigenvalue weighted by Gasteiger charge is 2.18. The Balaban J connectivity index is 1.67. The number of hydrogen-bond acceptors (Lipinski definition) is 6. The lowest BCUT2D eigenvalue weighted by molar-refractivity contribution is 0.510. The first kappa shape index (κ1) is 19.6. The number of aryl methyl sites for hydroxylation is 2. The van der Waals surface area contributed by atoms with Gasteiger partial charge in [0, 0.05) is 13.5 Å². The van der Waals surface area contributed by atoms with Crippen LogP contribution in [0.5, 0.6) is 0 Å². The molecule has 2 aromatic carbocycles. The number of hydrogen-bond donors (Lipinski definition) is 2. The number of halogens is 2. The van der Waals surface area contributed by atoms with Gasteiger partial charge in [0.05, 0.1) is 43.9 Å². The van der Waals surface area contributed by atoms with E-state index in [1.54, 1.807) is 42.1 Å². The molecule has 0 radical (unpaired) electrons. The van der Waals surface area contributed by atoms with Gasteiger partial charge in [0.25, 0.3) is 5.56 Å². The van der Waals surface area contributed by atoms with Crippen molar-refractivity contribution in [3.63, 3.8) is 0 Å². The van der Waals surface area contributed by atoms with Gasteiger partial charge in [-0.2, -0.15) is 0 Å². The summed E-state index contributed by atoms with van der Waals surface area (Å²) < 4.78 is 7.41. The molecule has 0 aliphatic rings. The average molecular weight is 455 g/mol. The van der Waals surface area contributed by atoms with Crippen molar-refractivity contribution < 1.29 is 4.42 Å². The molecule has 5 rings (SSSR count).